The Morgan fingerprint density at radius 3 is 2.84 bits per heavy atom. The number of halogens is 1. The van der Waals surface area contributed by atoms with Crippen LogP contribution in [0, 0.1) is 11.3 Å². The van der Waals surface area contributed by atoms with Gasteiger partial charge in [-0.2, -0.15) is 5.26 Å². The van der Waals surface area contributed by atoms with Crippen LogP contribution in [0.25, 0.3) is 0 Å². The molecule has 0 spiro atoms. The molecule has 0 fully saturated rings. The summed E-state index contributed by atoms with van der Waals surface area (Å²) in [4.78, 5) is 11.3. The van der Waals surface area contributed by atoms with Crippen LogP contribution in [0.3, 0.4) is 0 Å². The monoisotopic (exact) mass is 279 g/mol. The summed E-state index contributed by atoms with van der Waals surface area (Å²) in [6.45, 7) is 2.02. The minimum atomic E-state index is -0.377. The number of esters is 1. The van der Waals surface area contributed by atoms with E-state index < -0.39 is 0 Å². The largest absolute Gasteiger partial charge is 0.488 e. The lowest BCUT2D eigenvalue weighted by molar-refractivity contribution is -0.136. The highest BCUT2D eigenvalue weighted by molar-refractivity contribution is 6.30. The molecule has 1 rings (SSSR count). The summed E-state index contributed by atoms with van der Waals surface area (Å²) in [6, 6.07) is 6.79. The van der Waals surface area contributed by atoms with Crippen molar-refractivity contribution in [3.05, 3.63) is 40.4 Å². The van der Waals surface area contributed by atoms with Gasteiger partial charge < -0.3 is 9.47 Å². The Morgan fingerprint density at radius 1 is 1.53 bits per heavy atom. The topological polar surface area (TPSA) is 59.3 Å². The minimum Gasteiger partial charge on any atom is -0.488 e. The Bertz CT molecular complexity index is 532. The first kappa shape index (κ1) is 15.1. The summed E-state index contributed by atoms with van der Waals surface area (Å²) in [6.07, 6.45) is 2.19. The van der Waals surface area contributed by atoms with Gasteiger partial charge in [0.05, 0.1) is 12.7 Å². The summed E-state index contributed by atoms with van der Waals surface area (Å²) in [7, 11) is 1.33. The highest BCUT2D eigenvalue weighted by Crippen LogP contribution is 2.22. The fourth-order valence-corrected chi connectivity index (χ4v) is 1.61. The Hall–Kier alpha value is -1.99. The lowest BCUT2D eigenvalue weighted by Crippen LogP contribution is -2.06. The smallest absolute Gasteiger partial charge is 0.333 e. The molecule has 0 N–H and O–H groups in total. The number of benzene rings is 1. The van der Waals surface area contributed by atoms with Crippen molar-refractivity contribution in [1.82, 2.24) is 0 Å². The van der Waals surface area contributed by atoms with Gasteiger partial charge in [0.2, 0.25) is 0 Å². The third-order valence-corrected chi connectivity index (χ3v) is 2.70. The van der Waals surface area contributed by atoms with Crippen molar-refractivity contribution >= 4 is 17.6 Å². The van der Waals surface area contributed by atoms with Gasteiger partial charge in [0.1, 0.15) is 18.4 Å². The zero-order valence-corrected chi connectivity index (χ0v) is 11.5. The molecule has 0 saturated heterocycles. The summed E-state index contributed by atoms with van der Waals surface area (Å²) in [5.74, 6) is 0.0178. The zero-order chi connectivity index (χ0) is 14.3. The summed E-state index contributed by atoms with van der Waals surface area (Å²) in [5.41, 5.74) is 0.928. The van der Waals surface area contributed by atoms with E-state index in [0.717, 1.165) is 0 Å². The normalized spacial score (nSPS) is 10.7. The van der Waals surface area contributed by atoms with E-state index in [-0.39, 0.29) is 12.6 Å². The van der Waals surface area contributed by atoms with Crippen LogP contribution in [0.1, 0.15) is 18.9 Å². The first-order chi connectivity index (χ1) is 9.12. The maximum absolute atomic E-state index is 11.3. The molecule has 0 aliphatic rings. The predicted octanol–water partition coefficient (Wildman–Crippen LogP) is 3.10. The van der Waals surface area contributed by atoms with Crippen LogP contribution in [0.5, 0.6) is 5.75 Å². The Labute approximate surface area is 117 Å². The van der Waals surface area contributed by atoms with Gasteiger partial charge in [-0.3, -0.25) is 0 Å². The van der Waals surface area contributed by atoms with Crippen LogP contribution < -0.4 is 4.74 Å². The number of carbonyl (C=O) groups excluding carboxylic acids is 1. The van der Waals surface area contributed by atoms with E-state index in [4.69, 9.17) is 21.6 Å². The molecule has 1 aromatic rings. The molecule has 0 aliphatic carbocycles. The van der Waals surface area contributed by atoms with Crippen LogP contribution >= 0.6 is 11.6 Å². The molecule has 0 aliphatic heterocycles. The van der Waals surface area contributed by atoms with Crippen molar-refractivity contribution in [2.45, 2.75) is 13.3 Å². The molecule has 4 nitrogen and oxygen atoms in total. The standard InChI is InChI=1S/C14H14ClNO3/c1-3-10(14(17)18-2)6-7-19-13-8-12(15)5-4-11(13)9-16/h4-6,8H,3,7H2,1-2H3/b10-6-. The first-order valence-electron chi connectivity index (χ1n) is 5.72. The summed E-state index contributed by atoms with van der Waals surface area (Å²) >= 11 is 5.84. The van der Waals surface area contributed by atoms with Crippen LogP contribution in [0.2, 0.25) is 5.02 Å². The number of hydrogen-bond acceptors (Lipinski definition) is 4. The second-order valence-corrected chi connectivity index (χ2v) is 4.07. The van der Waals surface area contributed by atoms with Crippen LogP contribution in [0.15, 0.2) is 29.8 Å². The lowest BCUT2D eigenvalue weighted by Gasteiger charge is -2.07. The second-order valence-electron chi connectivity index (χ2n) is 3.64. The molecule has 0 bridgehead atoms. The van der Waals surface area contributed by atoms with E-state index >= 15 is 0 Å². The summed E-state index contributed by atoms with van der Waals surface area (Å²) < 4.78 is 10.1. The lowest BCUT2D eigenvalue weighted by atomic mass is 10.2. The van der Waals surface area contributed by atoms with Crippen molar-refractivity contribution < 1.29 is 14.3 Å². The molecule has 0 radical (unpaired) electrons. The van der Waals surface area contributed by atoms with Crippen molar-refractivity contribution in [3.63, 3.8) is 0 Å². The van der Waals surface area contributed by atoms with Gasteiger partial charge in [-0.25, -0.2) is 4.79 Å². The predicted molar refractivity (Wildman–Crippen MR) is 72.1 cm³/mol. The molecular weight excluding hydrogens is 266 g/mol. The number of rotatable bonds is 5. The van der Waals surface area contributed by atoms with Crippen LogP contribution in [0.4, 0.5) is 0 Å². The van der Waals surface area contributed by atoms with Crippen molar-refractivity contribution in [1.29, 1.82) is 5.26 Å². The Morgan fingerprint density at radius 2 is 2.26 bits per heavy atom. The van der Waals surface area contributed by atoms with Gasteiger partial charge in [0.15, 0.2) is 0 Å². The molecule has 0 aromatic heterocycles. The van der Waals surface area contributed by atoms with E-state index in [1.807, 2.05) is 13.0 Å². The molecule has 0 saturated carbocycles. The second kappa shape index (κ2) is 7.45. The van der Waals surface area contributed by atoms with E-state index in [1.165, 1.54) is 7.11 Å². The molecule has 5 heteroatoms. The highest BCUT2D eigenvalue weighted by atomic mass is 35.5. The fraction of sp³-hybridized carbons (Fsp3) is 0.286. The molecule has 19 heavy (non-hydrogen) atoms. The Balaban J connectivity index is 2.77. The van der Waals surface area contributed by atoms with Crippen LogP contribution in [-0.2, 0) is 9.53 Å². The van der Waals surface area contributed by atoms with Gasteiger partial charge in [-0.15, -0.1) is 0 Å². The fourth-order valence-electron chi connectivity index (χ4n) is 1.44. The molecule has 0 atom stereocenters. The average molecular weight is 280 g/mol. The number of nitrogens with zero attached hydrogens (tertiary/aromatic N) is 1. The van der Waals surface area contributed by atoms with E-state index in [9.17, 15) is 4.79 Å². The van der Waals surface area contributed by atoms with Crippen molar-refractivity contribution in [3.8, 4) is 11.8 Å². The average Bonchev–Trinajstić information content (AvgIpc) is 2.43. The minimum absolute atomic E-state index is 0.174. The molecule has 0 amide bonds. The third-order valence-electron chi connectivity index (χ3n) is 2.46. The number of hydrogen-bond donors (Lipinski definition) is 0. The maximum atomic E-state index is 11.3. The molecular formula is C14H14ClNO3. The van der Waals surface area contributed by atoms with E-state index in [1.54, 1.807) is 24.3 Å². The first-order valence-corrected chi connectivity index (χ1v) is 6.10. The molecule has 100 valence electrons. The van der Waals surface area contributed by atoms with Crippen LogP contribution in [-0.4, -0.2) is 19.7 Å². The van der Waals surface area contributed by atoms with Gasteiger partial charge in [0, 0.05) is 16.7 Å². The third kappa shape index (κ3) is 4.31. The van der Waals surface area contributed by atoms with Gasteiger partial charge >= 0.3 is 5.97 Å². The van der Waals surface area contributed by atoms with Gasteiger partial charge in [-0.05, 0) is 24.6 Å². The number of methoxy groups -OCH3 is 1. The van der Waals surface area contributed by atoms with Gasteiger partial charge in [-0.1, -0.05) is 18.5 Å². The molecule has 0 unspecified atom stereocenters. The van der Waals surface area contributed by atoms with Crippen molar-refractivity contribution in [2.24, 2.45) is 0 Å². The number of ether oxygens (including phenoxy) is 2. The summed E-state index contributed by atoms with van der Waals surface area (Å²) in [5, 5.41) is 9.42. The van der Waals surface area contributed by atoms with E-state index in [0.29, 0.717) is 28.3 Å². The zero-order valence-electron chi connectivity index (χ0n) is 10.8. The van der Waals surface area contributed by atoms with Crippen molar-refractivity contribution in [2.75, 3.05) is 13.7 Å². The maximum Gasteiger partial charge on any atom is 0.333 e. The Kier molecular flexibility index (Phi) is 5.91. The number of carbonyl (C=O) groups is 1. The molecule has 1 aromatic carbocycles. The quantitative estimate of drug-likeness (QED) is 0.614. The SMILES string of the molecule is CC/C(=C/COc1cc(Cl)ccc1C#N)C(=O)OC. The van der Waals surface area contributed by atoms with E-state index in [2.05, 4.69) is 4.74 Å². The highest BCUT2D eigenvalue weighted by Gasteiger charge is 2.07. The molecule has 0 heterocycles. The van der Waals surface area contributed by atoms with Gasteiger partial charge in [0.25, 0.3) is 0 Å². The number of nitriles is 1.